The van der Waals surface area contributed by atoms with Gasteiger partial charge in [-0.3, -0.25) is 0 Å². The summed E-state index contributed by atoms with van der Waals surface area (Å²) in [6.07, 6.45) is 1.32. The van der Waals surface area contributed by atoms with Crippen molar-refractivity contribution in [2.45, 2.75) is 39.9 Å². The van der Waals surface area contributed by atoms with Crippen LogP contribution in [0.4, 0.5) is 5.69 Å². The van der Waals surface area contributed by atoms with Crippen molar-refractivity contribution in [1.29, 1.82) is 0 Å². The lowest BCUT2D eigenvalue weighted by molar-refractivity contribution is 0.0397. The predicted octanol–water partition coefficient (Wildman–Crippen LogP) is 3.87. The average molecular weight is 242 g/mol. The maximum atomic E-state index is 6.06. The molecule has 0 radical (unpaired) electrons. The van der Waals surface area contributed by atoms with Crippen molar-refractivity contribution in [1.82, 2.24) is 0 Å². The molecule has 0 saturated heterocycles. The van der Waals surface area contributed by atoms with Crippen LogP contribution in [-0.2, 0) is 11.3 Å². The van der Waals surface area contributed by atoms with E-state index in [0.29, 0.717) is 23.2 Å². The molecule has 0 aromatic heterocycles. The van der Waals surface area contributed by atoms with Gasteiger partial charge in [0, 0.05) is 10.7 Å². The standard InChI is InChI=1S/C13H20ClNO/c1-9(2)6-10(3)16-8-11-4-5-12(15)7-13(11)14/h4-5,7,9-10H,6,8,15H2,1-3H3. The lowest BCUT2D eigenvalue weighted by Gasteiger charge is -2.15. The van der Waals surface area contributed by atoms with Gasteiger partial charge >= 0.3 is 0 Å². The van der Waals surface area contributed by atoms with Crippen molar-refractivity contribution in [2.75, 3.05) is 5.73 Å². The normalized spacial score (nSPS) is 13.1. The zero-order chi connectivity index (χ0) is 12.1. The highest BCUT2D eigenvalue weighted by Gasteiger charge is 2.07. The Labute approximate surface area is 103 Å². The number of hydrogen-bond donors (Lipinski definition) is 1. The van der Waals surface area contributed by atoms with Crippen LogP contribution in [0.1, 0.15) is 32.8 Å². The van der Waals surface area contributed by atoms with E-state index < -0.39 is 0 Å². The van der Waals surface area contributed by atoms with Crippen molar-refractivity contribution in [3.8, 4) is 0 Å². The molecule has 1 atom stereocenters. The molecular weight excluding hydrogens is 222 g/mol. The maximum Gasteiger partial charge on any atom is 0.0734 e. The van der Waals surface area contributed by atoms with Crippen LogP contribution in [0.5, 0.6) is 0 Å². The van der Waals surface area contributed by atoms with Gasteiger partial charge in [0.2, 0.25) is 0 Å². The second-order valence-electron chi connectivity index (χ2n) is 4.60. The first-order chi connectivity index (χ1) is 7.49. The summed E-state index contributed by atoms with van der Waals surface area (Å²) in [5, 5.41) is 0.678. The molecule has 0 aliphatic rings. The quantitative estimate of drug-likeness (QED) is 0.795. The first-order valence-electron chi connectivity index (χ1n) is 5.64. The van der Waals surface area contributed by atoms with E-state index in [1.807, 2.05) is 12.1 Å². The van der Waals surface area contributed by atoms with Crippen LogP contribution < -0.4 is 5.73 Å². The Morgan fingerprint density at radius 3 is 2.56 bits per heavy atom. The zero-order valence-corrected chi connectivity index (χ0v) is 10.9. The van der Waals surface area contributed by atoms with Crippen molar-refractivity contribution in [3.05, 3.63) is 28.8 Å². The molecule has 0 amide bonds. The summed E-state index contributed by atoms with van der Waals surface area (Å²) in [6.45, 7) is 7.02. The highest BCUT2D eigenvalue weighted by molar-refractivity contribution is 6.31. The van der Waals surface area contributed by atoms with Gasteiger partial charge in [0.1, 0.15) is 0 Å². The predicted molar refractivity (Wildman–Crippen MR) is 69.6 cm³/mol. The number of nitrogens with two attached hydrogens (primary N) is 1. The summed E-state index contributed by atoms with van der Waals surface area (Å²) >= 11 is 6.06. The van der Waals surface area contributed by atoms with Gasteiger partial charge in [-0.2, -0.15) is 0 Å². The molecule has 1 unspecified atom stereocenters. The van der Waals surface area contributed by atoms with E-state index in [0.717, 1.165) is 12.0 Å². The van der Waals surface area contributed by atoms with Crippen LogP contribution in [0.25, 0.3) is 0 Å². The van der Waals surface area contributed by atoms with Crippen LogP contribution in [0.3, 0.4) is 0 Å². The minimum atomic E-state index is 0.258. The van der Waals surface area contributed by atoms with Gasteiger partial charge in [-0.15, -0.1) is 0 Å². The maximum absolute atomic E-state index is 6.06. The van der Waals surface area contributed by atoms with Gasteiger partial charge in [-0.25, -0.2) is 0 Å². The fourth-order valence-corrected chi connectivity index (χ4v) is 1.89. The van der Waals surface area contributed by atoms with E-state index in [9.17, 15) is 0 Å². The Hall–Kier alpha value is -0.730. The topological polar surface area (TPSA) is 35.2 Å². The van der Waals surface area contributed by atoms with Crippen molar-refractivity contribution in [2.24, 2.45) is 5.92 Å². The van der Waals surface area contributed by atoms with Crippen LogP contribution in [0, 0.1) is 5.92 Å². The number of ether oxygens (including phenoxy) is 1. The first-order valence-corrected chi connectivity index (χ1v) is 6.02. The number of anilines is 1. The second kappa shape index (κ2) is 6.12. The van der Waals surface area contributed by atoms with Gasteiger partial charge in [0.05, 0.1) is 12.7 Å². The van der Waals surface area contributed by atoms with Crippen molar-refractivity contribution < 1.29 is 4.74 Å². The van der Waals surface area contributed by atoms with E-state index in [4.69, 9.17) is 22.1 Å². The molecular formula is C13H20ClNO. The average Bonchev–Trinajstić information content (AvgIpc) is 2.15. The highest BCUT2D eigenvalue weighted by Crippen LogP contribution is 2.21. The monoisotopic (exact) mass is 241 g/mol. The molecule has 1 rings (SSSR count). The molecule has 90 valence electrons. The molecule has 16 heavy (non-hydrogen) atoms. The summed E-state index contributed by atoms with van der Waals surface area (Å²) in [6, 6.07) is 5.52. The van der Waals surface area contributed by atoms with Crippen LogP contribution in [0.2, 0.25) is 5.02 Å². The molecule has 0 aliphatic heterocycles. The largest absolute Gasteiger partial charge is 0.399 e. The Bertz CT molecular complexity index is 339. The number of benzene rings is 1. The molecule has 2 nitrogen and oxygen atoms in total. The van der Waals surface area contributed by atoms with E-state index in [-0.39, 0.29) is 6.10 Å². The fraction of sp³-hybridized carbons (Fsp3) is 0.538. The highest BCUT2D eigenvalue weighted by atomic mass is 35.5. The number of halogens is 1. The Balaban J connectivity index is 2.48. The smallest absolute Gasteiger partial charge is 0.0734 e. The molecule has 0 saturated carbocycles. The lowest BCUT2D eigenvalue weighted by Crippen LogP contribution is -2.11. The molecule has 3 heteroatoms. The molecule has 1 aromatic carbocycles. The molecule has 1 aromatic rings. The number of rotatable bonds is 5. The second-order valence-corrected chi connectivity index (χ2v) is 5.01. The molecule has 0 fully saturated rings. The summed E-state index contributed by atoms with van der Waals surface area (Å²) in [7, 11) is 0. The number of nitrogen functional groups attached to an aromatic ring is 1. The van der Waals surface area contributed by atoms with Crippen LogP contribution in [0.15, 0.2) is 18.2 Å². The van der Waals surface area contributed by atoms with E-state index >= 15 is 0 Å². The molecule has 0 spiro atoms. The summed E-state index contributed by atoms with van der Waals surface area (Å²) in [5.74, 6) is 0.650. The minimum Gasteiger partial charge on any atom is -0.399 e. The SMILES string of the molecule is CC(C)CC(C)OCc1ccc(N)cc1Cl. The Kier molecular flexibility index (Phi) is 5.10. The first kappa shape index (κ1) is 13.3. The third-order valence-electron chi connectivity index (χ3n) is 2.40. The molecule has 0 heterocycles. The van der Waals surface area contributed by atoms with Gasteiger partial charge in [0.15, 0.2) is 0 Å². The van der Waals surface area contributed by atoms with Crippen molar-refractivity contribution in [3.63, 3.8) is 0 Å². The van der Waals surface area contributed by atoms with E-state index in [1.54, 1.807) is 6.07 Å². The van der Waals surface area contributed by atoms with Gasteiger partial charge in [-0.1, -0.05) is 31.5 Å². The third-order valence-corrected chi connectivity index (χ3v) is 2.76. The Morgan fingerprint density at radius 2 is 2.00 bits per heavy atom. The van der Waals surface area contributed by atoms with E-state index in [1.165, 1.54) is 0 Å². The van der Waals surface area contributed by atoms with Gasteiger partial charge in [0.25, 0.3) is 0 Å². The van der Waals surface area contributed by atoms with Gasteiger partial charge in [-0.05, 0) is 37.0 Å². The molecule has 2 N–H and O–H groups in total. The number of hydrogen-bond acceptors (Lipinski definition) is 2. The molecule has 0 aliphatic carbocycles. The summed E-state index contributed by atoms with van der Waals surface area (Å²) < 4.78 is 5.73. The minimum absolute atomic E-state index is 0.258. The van der Waals surface area contributed by atoms with Crippen LogP contribution in [-0.4, -0.2) is 6.10 Å². The zero-order valence-electron chi connectivity index (χ0n) is 10.2. The van der Waals surface area contributed by atoms with E-state index in [2.05, 4.69) is 20.8 Å². The Morgan fingerprint density at radius 1 is 1.31 bits per heavy atom. The fourth-order valence-electron chi connectivity index (χ4n) is 1.64. The van der Waals surface area contributed by atoms with Crippen LogP contribution >= 0.6 is 11.6 Å². The molecule has 0 bridgehead atoms. The van der Waals surface area contributed by atoms with Gasteiger partial charge < -0.3 is 10.5 Å². The summed E-state index contributed by atoms with van der Waals surface area (Å²) in [5.41, 5.74) is 7.30. The lowest BCUT2D eigenvalue weighted by atomic mass is 10.1. The third kappa shape index (κ3) is 4.42. The van der Waals surface area contributed by atoms with Crippen molar-refractivity contribution >= 4 is 17.3 Å². The summed E-state index contributed by atoms with van der Waals surface area (Å²) in [4.78, 5) is 0.